The third-order valence-electron chi connectivity index (χ3n) is 7.61. The van der Waals surface area contributed by atoms with Gasteiger partial charge < -0.3 is 4.74 Å². The van der Waals surface area contributed by atoms with Crippen LogP contribution in [0.2, 0.25) is 0 Å². The second-order valence-corrected chi connectivity index (χ2v) is 9.19. The smallest absolute Gasteiger partial charge is 0.239 e. The molecule has 1 aliphatic heterocycles. The first-order valence-corrected chi connectivity index (χ1v) is 11.4. The maximum absolute atomic E-state index is 14.0. The van der Waals surface area contributed by atoms with Crippen LogP contribution < -0.4 is 9.64 Å². The molecule has 0 saturated carbocycles. The van der Waals surface area contributed by atoms with Crippen LogP contribution in [-0.4, -0.2) is 18.4 Å². The molecule has 160 valence electrons. The molecule has 3 aromatic carbocycles. The zero-order chi connectivity index (χ0) is 22.0. The molecular formula is C28H25NO3. The van der Waals surface area contributed by atoms with E-state index in [4.69, 9.17) is 4.74 Å². The average molecular weight is 424 g/mol. The normalized spacial score (nSPS) is 27.2. The largest absolute Gasteiger partial charge is 0.491 e. The van der Waals surface area contributed by atoms with Crippen molar-refractivity contribution in [2.45, 2.75) is 31.6 Å². The van der Waals surface area contributed by atoms with E-state index in [0.29, 0.717) is 18.0 Å². The van der Waals surface area contributed by atoms with Crippen LogP contribution in [0.1, 0.15) is 48.4 Å². The molecule has 2 unspecified atom stereocenters. The van der Waals surface area contributed by atoms with Gasteiger partial charge in [-0.1, -0.05) is 74.5 Å². The van der Waals surface area contributed by atoms with Gasteiger partial charge in [-0.25, -0.2) is 4.90 Å². The van der Waals surface area contributed by atoms with Crippen LogP contribution in [0.15, 0.2) is 72.8 Å². The van der Waals surface area contributed by atoms with Gasteiger partial charge in [-0.2, -0.15) is 0 Å². The van der Waals surface area contributed by atoms with E-state index in [1.807, 2.05) is 55.5 Å². The van der Waals surface area contributed by atoms with Crippen LogP contribution in [0, 0.1) is 11.8 Å². The fourth-order valence-electron chi connectivity index (χ4n) is 6.36. The standard InChI is InChI=1S/C28H25NO3/c1-3-16-32-22-15-9-8-14-21(22)29-26(30)24-23-17-10-4-6-12-19(17)28(2,25(24)27(29)31)20-13-7-5-11-18(20)23/h4-15,23-25H,3,16H2,1-2H3. The fraction of sp³-hybridized carbons (Fsp3) is 0.286. The molecule has 2 atom stereocenters. The zero-order valence-electron chi connectivity index (χ0n) is 18.2. The Morgan fingerprint density at radius 2 is 1.44 bits per heavy atom. The SMILES string of the molecule is CCCOc1ccccc1N1C(=O)C2C3c4ccccc4C(C)(c4ccccc43)C2C1=O. The number of carbonyl (C=O) groups excluding carboxylic acids is 2. The van der Waals surface area contributed by atoms with E-state index in [-0.39, 0.29) is 17.7 Å². The zero-order valence-corrected chi connectivity index (χ0v) is 18.2. The Bertz CT molecular complexity index is 1220. The lowest BCUT2D eigenvalue weighted by Gasteiger charge is -2.52. The number of hydrogen-bond acceptors (Lipinski definition) is 3. The molecule has 2 amide bonds. The highest BCUT2D eigenvalue weighted by Crippen LogP contribution is 2.64. The van der Waals surface area contributed by atoms with E-state index < -0.39 is 17.3 Å². The maximum atomic E-state index is 14.0. The fourth-order valence-corrected chi connectivity index (χ4v) is 6.36. The molecule has 4 heteroatoms. The third-order valence-corrected chi connectivity index (χ3v) is 7.61. The Balaban J connectivity index is 1.55. The van der Waals surface area contributed by atoms with Gasteiger partial charge in [-0.3, -0.25) is 9.59 Å². The quantitative estimate of drug-likeness (QED) is 0.552. The van der Waals surface area contributed by atoms with E-state index in [1.165, 1.54) is 27.2 Å². The van der Waals surface area contributed by atoms with Crippen LogP contribution in [0.3, 0.4) is 0 Å². The first-order valence-electron chi connectivity index (χ1n) is 11.4. The first-order chi connectivity index (χ1) is 15.6. The summed E-state index contributed by atoms with van der Waals surface area (Å²) in [5.74, 6) is -0.598. The highest BCUT2D eigenvalue weighted by atomic mass is 16.5. The van der Waals surface area contributed by atoms with Crippen LogP contribution in [0.5, 0.6) is 5.75 Å². The van der Waals surface area contributed by atoms with Crippen LogP contribution >= 0.6 is 0 Å². The summed E-state index contributed by atoms with van der Waals surface area (Å²) < 4.78 is 5.92. The van der Waals surface area contributed by atoms with E-state index in [2.05, 4.69) is 31.2 Å². The van der Waals surface area contributed by atoms with E-state index in [0.717, 1.165) is 6.42 Å². The van der Waals surface area contributed by atoms with Crippen molar-refractivity contribution < 1.29 is 14.3 Å². The van der Waals surface area contributed by atoms with Gasteiger partial charge in [0.05, 0.1) is 24.1 Å². The molecule has 4 nitrogen and oxygen atoms in total. The van der Waals surface area contributed by atoms with E-state index in [9.17, 15) is 9.59 Å². The topological polar surface area (TPSA) is 46.6 Å². The molecule has 4 aliphatic rings. The summed E-state index contributed by atoms with van der Waals surface area (Å²) in [5, 5.41) is 0. The van der Waals surface area contributed by atoms with E-state index >= 15 is 0 Å². The van der Waals surface area contributed by atoms with Crippen LogP contribution in [0.4, 0.5) is 5.69 Å². The Morgan fingerprint density at radius 3 is 2.09 bits per heavy atom. The summed E-state index contributed by atoms with van der Waals surface area (Å²) in [4.78, 5) is 29.4. The summed E-state index contributed by atoms with van der Waals surface area (Å²) >= 11 is 0. The predicted octanol–water partition coefficient (Wildman–Crippen LogP) is 5.05. The molecule has 1 fully saturated rings. The highest BCUT2D eigenvalue weighted by Gasteiger charge is 2.66. The minimum absolute atomic E-state index is 0.112. The lowest BCUT2D eigenvalue weighted by Crippen LogP contribution is -2.51. The second kappa shape index (κ2) is 6.80. The number of imide groups is 1. The first kappa shape index (κ1) is 19.3. The van der Waals surface area contributed by atoms with Gasteiger partial charge in [-0.05, 0) is 40.8 Å². The number of amides is 2. The van der Waals surface area contributed by atoms with Gasteiger partial charge in [0.1, 0.15) is 5.75 Å². The average Bonchev–Trinajstić information content (AvgIpc) is 3.09. The second-order valence-electron chi connectivity index (χ2n) is 9.19. The Labute approximate surface area is 187 Å². The summed E-state index contributed by atoms with van der Waals surface area (Å²) in [6, 6.07) is 24.1. The van der Waals surface area contributed by atoms with Crippen molar-refractivity contribution in [2.24, 2.45) is 11.8 Å². The summed E-state index contributed by atoms with van der Waals surface area (Å²) in [6.45, 7) is 4.72. The minimum atomic E-state index is -0.548. The van der Waals surface area contributed by atoms with Crippen molar-refractivity contribution >= 4 is 17.5 Å². The van der Waals surface area contributed by atoms with Gasteiger partial charge in [0.15, 0.2) is 0 Å². The molecule has 1 saturated heterocycles. The molecule has 3 aromatic rings. The number of ether oxygens (including phenoxy) is 1. The minimum Gasteiger partial charge on any atom is -0.491 e. The molecule has 3 aliphatic carbocycles. The number of anilines is 1. The maximum Gasteiger partial charge on any atom is 0.239 e. The summed E-state index contributed by atoms with van der Waals surface area (Å²) in [5.41, 5.74) is 4.70. The Kier molecular flexibility index (Phi) is 4.10. The number of benzene rings is 3. The van der Waals surface area contributed by atoms with Crippen molar-refractivity contribution in [3.8, 4) is 5.75 Å². The van der Waals surface area contributed by atoms with Crippen LogP contribution in [0.25, 0.3) is 0 Å². The van der Waals surface area contributed by atoms with Crippen molar-refractivity contribution in [3.05, 3.63) is 95.1 Å². The van der Waals surface area contributed by atoms with Gasteiger partial charge >= 0.3 is 0 Å². The molecule has 7 rings (SSSR count). The van der Waals surface area contributed by atoms with Crippen LogP contribution in [-0.2, 0) is 15.0 Å². The number of nitrogens with zero attached hydrogens (tertiary/aromatic N) is 1. The molecule has 0 spiro atoms. The van der Waals surface area contributed by atoms with Gasteiger partial charge in [0.2, 0.25) is 11.8 Å². The van der Waals surface area contributed by atoms with Crippen molar-refractivity contribution in [1.82, 2.24) is 0 Å². The number of carbonyl (C=O) groups is 2. The molecule has 0 aromatic heterocycles. The molecule has 32 heavy (non-hydrogen) atoms. The molecule has 0 N–H and O–H groups in total. The molecule has 0 radical (unpaired) electrons. The van der Waals surface area contributed by atoms with Crippen molar-refractivity contribution in [3.63, 3.8) is 0 Å². The predicted molar refractivity (Wildman–Crippen MR) is 123 cm³/mol. The lowest BCUT2D eigenvalue weighted by molar-refractivity contribution is -0.123. The van der Waals surface area contributed by atoms with Gasteiger partial charge in [0.25, 0.3) is 0 Å². The van der Waals surface area contributed by atoms with E-state index in [1.54, 1.807) is 0 Å². The lowest BCUT2D eigenvalue weighted by atomic mass is 9.48. The van der Waals surface area contributed by atoms with Crippen molar-refractivity contribution in [1.29, 1.82) is 0 Å². The Hall–Kier alpha value is -3.40. The highest BCUT2D eigenvalue weighted by molar-refractivity contribution is 6.24. The number of hydrogen-bond donors (Lipinski definition) is 0. The molecule has 2 bridgehead atoms. The summed E-state index contributed by atoms with van der Waals surface area (Å²) in [6.07, 6.45) is 0.853. The number of rotatable bonds is 4. The van der Waals surface area contributed by atoms with Gasteiger partial charge in [-0.15, -0.1) is 0 Å². The summed E-state index contributed by atoms with van der Waals surface area (Å²) in [7, 11) is 0. The third kappa shape index (κ3) is 2.27. The molecule has 1 heterocycles. The molecular weight excluding hydrogens is 398 g/mol. The number of para-hydroxylation sites is 2. The van der Waals surface area contributed by atoms with Crippen molar-refractivity contribution in [2.75, 3.05) is 11.5 Å². The van der Waals surface area contributed by atoms with Gasteiger partial charge in [0, 0.05) is 11.3 Å². The Morgan fingerprint density at radius 1 is 0.844 bits per heavy atom. The monoisotopic (exact) mass is 423 g/mol.